The van der Waals surface area contributed by atoms with E-state index >= 15 is 0 Å². The van der Waals surface area contributed by atoms with Crippen LogP contribution in [0, 0.1) is 5.92 Å². The molecule has 0 saturated heterocycles. The van der Waals surface area contributed by atoms with E-state index < -0.39 is 5.92 Å². The molecule has 2 aromatic carbocycles. The Hall–Kier alpha value is -3.08. The summed E-state index contributed by atoms with van der Waals surface area (Å²) >= 11 is 0. The van der Waals surface area contributed by atoms with Gasteiger partial charge in [0.25, 0.3) is 0 Å². The Morgan fingerprint density at radius 1 is 1.21 bits per heavy atom. The zero-order chi connectivity index (χ0) is 16.9. The summed E-state index contributed by atoms with van der Waals surface area (Å²) in [7, 11) is 1.60. The minimum atomic E-state index is -0.504. The maximum Gasteiger partial charge on any atom is 0.151 e. The molecular formula is C19H19N3O2. The second kappa shape index (κ2) is 7.00. The van der Waals surface area contributed by atoms with Crippen molar-refractivity contribution in [3.8, 4) is 5.75 Å². The highest BCUT2D eigenvalue weighted by molar-refractivity contribution is 6.06. The zero-order valence-corrected chi connectivity index (χ0v) is 13.4. The molecule has 24 heavy (non-hydrogen) atoms. The standard InChI is InChI=1S/C19H19N3O2/c1-24-16-9-5-6-14(12-16)13-18(23)17-10-11-22(21-19(17)20)15-7-3-2-4-8-15/h2-12,17H,13H2,1H3,(H2,20,21). The summed E-state index contributed by atoms with van der Waals surface area (Å²) in [6.45, 7) is 0. The molecule has 3 rings (SSSR count). The highest BCUT2D eigenvalue weighted by Gasteiger charge is 2.24. The van der Waals surface area contributed by atoms with Gasteiger partial charge in [0, 0.05) is 12.6 Å². The van der Waals surface area contributed by atoms with E-state index in [0.29, 0.717) is 5.84 Å². The number of ether oxygens (including phenoxy) is 1. The van der Waals surface area contributed by atoms with Crippen LogP contribution in [0.2, 0.25) is 0 Å². The predicted molar refractivity (Wildman–Crippen MR) is 94.9 cm³/mol. The first-order valence-electron chi connectivity index (χ1n) is 7.69. The molecule has 1 heterocycles. The minimum Gasteiger partial charge on any atom is -0.497 e. The summed E-state index contributed by atoms with van der Waals surface area (Å²) in [5.74, 6) is 0.537. The Labute approximate surface area is 141 Å². The molecule has 0 saturated carbocycles. The van der Waals surface area contributed by atoms with Crippen molar-refractivity contribution in [1.82, 2.24) is 0 Å². The topological polar surface area (TPSA) is 67.9 Å². The number of hydrazone groups is 1. The fourth-order valence-electron chi connectivity index (χ4n) is 2.58. The number of ketones is 1. The molecule has 1 unspecified atom stereocenters. The average molecular weight is 321 g/mol. The highest BCUT2D eigenvalue weighted by atomic mass is 16.5. The van der Waals surface area contributed by atoms with Gasteiger partial charge in [-0.15, -0.1) is 0 Å². The molecule has 1 atom stereocenters. The Balaban J connectivity index is 1.72. The van der Waals surface area contributed by atoms with Crippen molar-refractivity contribution in [1.29, 1.82) is 0 Å². The van der Waals surface area contributed by atoms with Crippen LogP contribution in [0.1, 0.15) is 5.56 Å². The lowest BCUT2D eigenvalue weighted by atomic mass is 9.96. The number of hydrogen-bond donors (Lipinski definition) is 1. The Bertz CT molecular complexity index is 784. The van der Waals surface area contributed by atoms with Crippen molar-refractivity contribution >= 4 is 17.3 Å². The lowest BCUT2D eigenvalue weighted by Gasteiger charge is -2.23. The van der Waals surface area contributed by atoms with Crippen molar-refractivity contribution in [2.75, 3.05) is 12.1 Å². The molecule has 1 aliphatic rings. The van der Waals surface area contributed by atoms with E-state index in [2.05, 4.69) is 5.10 Å². The lowest BCUT2D eigenvalue weighted by molar-refractivity contribution is -0.119. The maximum absolute atomic E-state index is 12.5. The monoisotopic (exact) mass is 321 g/mol. The first-order valence-corrected chi connectivity index (χ1v) is 7.69. The van der Waals surface area contributed by atoms with E-state index in [4.69, 9.17) is 10.5 Å². The quantitative estimate of drug-likeness (QED) is 0.919. The molecule has 5 nitrogen and oxygen atoms in total. The van der Waals surface area contributed by atoms with E-state index in [1.54, 1.807) is 24.4 Å². The summed E-state index contributed by atoms with van der Waals surface area (Å²) in [6.07, 6.45) is 3.85. The lowest BCUT2D eigenvalue weighted by Crippen LogP contribution is -2.35. The van der Waals surface area contributed by atoms with Crippen LogP contribution in [0.3, 0.4) is 0 Å². The van der Waals surface area contributed by atoms with E-state index in [0.717, 1.165) is 17.0 Å². The van der Waals surface area contributed by atoms with Crippen LogP contribution in [0.25, 0.3) is 0 Å². The first-order chi connectivity index (χ1) is 11.7. The number of amidine groups is 1. The van der Waals surface area contributed by atoms with Crippen LogP contribution < -0.4 is 15.5 Å². The Morgan fingerprint density at radius 2 is 2.00 bits per heavy atom. The number of carbonyl (C=O) groups excluding carboxylic acids is 1. The number of carbonyl (C=O) groups is 1. The maximum atomic E-state index is 12.5. The molecule has 2 N–H and O–H groups in total. The van der Waals surface area contributed by atoms with Gasteiger partial charge in [0.05, 0.1) is 18.7 Å². The number of nitrogens with two attached hydrogens (primary N) is 1. The number of benzene rings is 2. The molecule has 0 fully saturated rings. The van der Waals surface area contributed by atoms with Gasteiger partial charge in [-0.05, 0) is 35.9 Å². The van der Waals surface area contributed by atoms with Gasteiger partial charge in [-0.2, -0.15) is 5.10 Å². The van der Waals surface area contributed by atoms with Crippen molar-refractivity contribution < 1.29 is 9.53 Å². The fourth-order valence-corrected chi connectivity index (χ4v) is 2.58. The van der Waals surface area contributed by atoms with Gasteiger partial charge in [-0.3, -0.25) is 4.79 Å². The number of anilines is 1. The van der Waals surface area contributed by atoms with Crippen LogP contribution >= 0.6 is 0 Å². The van der Waals surface area contributed by atoms with Gasteiger partial charge in [-0.25, -0.2) is 5.01 Å². The number of rotatable bonds is 5. The van der Waals surface area contributed by atoms with Crippen LogP contribution in [-0.2, 0) is 11.2 Å². The normalized spacial score (nSPS) is 16.6. The number of hydrogen-bond acceptors (Lipinski definition) is 5. The molecule has 0 radical (unpaired) electrons. The Kier molecular flexibility index (Phi) is 4.61. The molecule has 0 aliphatic carbocycles. The fraction of sp³-hybridized carbons (Fsp3) is 0.158. The van der Waals surface area contributed by atoms with Crippen LogP contribution in [-0.4, -0.2) is 18.7 Å². The molecule has 122 valence electrons. The molecule has 5 heteroatoms. The molecule has 0 amide bonds. The van der Waals surface area contributed by atoms with Gasteiger partial charge in [0.15, 0.2) is 5.78 Å². The van der Waals surface area contributed by atoms with Crippen LogP contribution in [0.4, 0.5) is 5.69 Å². The van der Waals surface area contributed by atoms with Crippen LogP contribution in [0.5, 0.6) is 5.75 Å². The molecular weight excluding hydrogens is 302 g/mol. The summed E-state index contributed by atoms with van der Waals surface area (Å²) in [6, 6.07) is 17.1. The van der Waals surface area contributed by atoms with Gasteiger partial charge >= 0.3 is 0 Å². The first kappa shape index (κ1) is 15.8. The second-order valence-electron chi connectivity index (χ2n) is 5.52. The Morgan fingerprint density at radius 3 is 2.71 bits per heavy atom. The SMILES string of the molecule is COc1cccc(CC(=O)C2C=CN(c3ccccc3)N=C2N)c1. The summed E-state index contributed by atoms with van der Waals surface area (Å²) in [4.78, 5) is 12.5. The van der Waals surface area contributed by atoms with Gasteiger partial charge in [0.1, 0.15) is 11.6 Å². The van der Waals surface area contributed by atoms with E-state index in [1.807, 2.05) is 54.6 Å². The van der Waals surface area contributed by atoms with E-state index in [-0.39, 0.29) is 12.2 Å². The molecule has 0 bridgehead atoms. The number of nitrogens with zero attached hydrogens (tertiary/aromatic N) is 2. The molecule has 0 spiro atoms. The van der Waals surface area contributed by atoms with Gasteiger partial charge in [0.2, 0.25) is 0 Å². The second-order valence-corrected chi connectivity index (χ2v) is 5.52. The number of Topliss-reactive ketones (excluding diaryl/α,β-unsaturated/α-hetero) is 1. The van der Waals surface area contributed by atoms with Gasteiger partial charge < -0.3 is 10.5 Å². The van der Waals surface area contributed by atoms with E-state index in [1.165, 1.54) is 0 Å². The zero-order valence-electron chi connectivity index (χ0n) is 13.4. The smallest absolute Gasteiger partial charge is 0.151 e. The molecule has 0 aromatic heterocycles. The van der Waals surface area contributed by atoms with Crippen molar-refractivity contribution in [3.63, 3.8) is 0 Å². The summed E-state index contributed by atoms with van der Waals surface area (Å²) in [5, 5.41) is 6.00. The number of para-hydroxylation sites is 1. The summed E-state index contributed by atoms with van der Waals surface area (Å²) < 4.78 is 5.19. The largest absolute Gasteiger partial charge is 0.497 e. The predicted octanol–water partition coefficient (Wildman–Crippen LogP) is 2.73. The third-order valence-corrected chi connectivity index (χ3v) is 3.84. The van der Waals surface area contributed by atoms with E-state index in [9.17, 15) is 4.79 Å². The summed E-state index contributed by atoms with van der Waals surface area (Å²) in [5.41, 5.74) is 7.82. The minimum absolute atomic E-state index is 0.00784. The highest BCUT2D eigenvalue weighted by Crippen LogP contribution is 2.21. The average Bonchev–Trinajstić information content (AvgIpc) is 2.62. The van der Waals surface area contributed by atoms with Crippen molar-refractivity contribution in [3.05, 3.63) is 72.4 Å². The van der Waals surface area contributed by atoms with Gasteiger partial charge in [-0.1, -0.05) is 30.3 Å². The van der Waals surface area contributed by atoms with Crippen molar-refractivity contribution in [2.24, 2.45) is 16.8 Å². The van der Waals surface area contributed by atoms with Crippen LogP contribution in [0.15, 0.2) is 72.0 Å². The number of methoxy groups -OCH3 is 1. The third-order valence-electron chi connectivity index (χ3n) is 3.84. The molecule has 2 aromatic rings. The van der Waals surface area contributed by atoms with Crippen molar-refractivity contribution in [2.45, 2.75) is 6.42 Å². The third kappa shape index (κ3) is 3.46. The molecule has 1 aliphatic heterocycles.